The number of pyridine rings is 1. The van der Waals surface area contributed by atoms with E-state index in [1.807, 2.05) is 0 Å². The number of anilines is 2. The van der Waals surface area contributed by atoms with Crippen molar-refractivity contribution in [1.29, 1.82) is 5.26 Å². The van der Waals surface area contributed by atoms with Crippen LogP contribution in [0.15, 0.2) is 35.4 Å². The fourth-order valence-corrected chi connectivity index (χ4v) is 5.76. The van der Waals surface area contributed by atoms with Crippen LogP contribution in [-0.2, 0) is 10.0 Å². The quantitative estimate of drug-likeness (QED) is 0.700. The van der Waals surface area contributed by atoms with Crippen molar-refractivity contribution in [2.45, 2.75) is 43.0 Å². The number of nitriles is 1. The fraction of sp³-hybridized carbons (Fsp3) is 0.455. The minimum absolute atomic E-state index is 0.159. The van der Waals surface area contributed by atoms with Crippen molar-refractivity contribution in [3.05, 3.63) is 46.9 Å². The first-order valence-electron chi connectivity index (χ1n) is 10.7. The molecule has 2 fully saturated rings. The average molecular weight is 478 g/mol. The Morgan fingerprint density at radius 2 is 1.84 bits per heavy atom. The topological polar surface area (TPSA) is 89.3 Å². The Kier molecular flexibility index (Phi) is 6.84. The van der Waals surface area contributed by atoms with Crippen LogP contribution in [-0.4, -0.2) is 50.5 Å². The van der Waals surface area contributed by atoms with Crippen LogP contribution < -0.4 is 9.62 Å². The molecule has 1 saturated carbocycles. The van der Waals surface area contributed by atoms with Crippen LogP contribution in [0.2, 0.25) is 5.02 Å². The van der Waals surface area contributed by atoms with Gasteiger partial charge in [-0.25, -0.2) is 17.8 Å². The minimum atomic E-state index is -4.01. The number of rotatable bonds is 5. The molecular weight excluding hydrogens is 453 g/mol. The van der Waals surface area contributed by atoms with Crippen LogP contribution in [0.5, 0.6) is 0 Å². The number of sulfonamides is 1. The lowest BCUT2D eigenvalue weighted by Gasteiger charge is -2.41. The Morgan fingerprint density at radius 1 is 1.12 bits per heavy atom. The van der Waals surface area contributed by atoms with Gasteiger partial charge in [0.25, 0.3) is 10.0 Å². The molecule has 1 aromatic heterocycles. The SMILES string of the molecule is N#Cc1cc(NS(=O)(=O)c2ccc(F)c(Cl)c2)cnc1N1CCN(C2CCCCC2)CC1. The molecule has 170 valence electrons. The lowest BCUT2D eigenvalue weighted by atomic mass is 9.94. The van der Waals surface area contributed by atoms with Crippen molar-refractivity contribution in [2.75, 3.05) is 35.8 Å². The van der Waals surface area contributed by atoms with E-state index in [1.165, 1.54) is 44.4 Å². The summed E-state index contributed by atoms with van der Waals surface area (Å²) in [4.78, 5) is 8.84. The van der Waals surface area contributed by atoms with E-state index >= 15 is 0 Å². The first-order chi connectivity index (χ1) is 15.4. The highest BCUT2D eigenvalue weighted by Crippen LogP contribution is 2.27. The second-order valence-electron chi connectivity index (χ2n) is 8.20. The molecule has 0 unspecified atom stereocenters. The number of piperazine rings is 1. The molecule has 0 bridgehead atoms. The summed E-state index contributed by atoms with van der Waals surface area (Å²) in [5.41, 5.74) is 0.458. The van der Waals surface area contributed by atoms with Crippen LogP contribution >= 0.6 is 11.6 Å². The fourth-order valence-electron chi connectivity index (χ4n) is 4.45. The van der Waals surface area contributed by atoms with Crippen molar-refractivity contribution in [3.63, 3.8) is 0 Å². The Labute approximate surface area is 192 Å². The highest BCUT2D eigenvalue weighted by molar-refractivity contribution is 7.92. The van der Waals surface area contributed by atoms with Gasteiger partial charge in [0.1, 0.15) is 17.7 Å². The van der Waals surface area contributed by atoms with Gasteiger partial charge in [-0.3, -0.25) is 9.62 Å². The van der Waals surface area contributed by atoms with Crippen LogP contribution in [0.3, 0.4) is 0 Å². The van der Waals surface area contributed by atoms with E-state index in [-0.39, 0.29) is 15.6 Å². The van der Waals surface area contributed by atoms with Gasteiger partial charge in [0, 0.05) is 32.2 Å². The second kappa shape index (κ2) is 9.61. The van der Waals surface area contributed by atoms with Crippen molar-refractivity contribution in [2.24, 2.45) is 0 Å². The van der Waals surface area contributed by atoms with E-state index in [0.717, 1.165) is 44.4 Å². The molecule has 7 nitrogen and oxygen atoms in total. The zero-order chi connectivity index (χ0) is 22.7. The molecular formula is C22H25ClFN5O2S. The summed E-state index contributed by atoms with van der Waals surface area (Å²) in [6.45, 7) is 3.41. The molecule has 0 atom stereocenters. The predicted octanol–water partition coefficient (Wildman–Crippen LogP) is 4.00. The second-order valence-corrected chi connectivity index (χ2v) is 10.3. The largest absolute Gasteiger partial charge is 0.353 e. The summed E-state index contributed by atoms with van der Waals surface area (Å²) in [7, 11) is -4.01. The van der Waals surface area contributed by atoms with Gasteiger partial charge in [0.2, 0.25) is 0 Å². The maximum absolute atomic E-state index is 13.4. The third-order valence-electron chi connectivity index (χ3n) is 6.15. The summed E-state index contributed by atoms with van der Waals surface area (Å²) >= 11 is 5.71. The molecule has 1 aliphatic carbocycles. The van der Waals surface area contributed by atoms with Crippen molar-refractivity contribution < 1.29 is 12.8 Å². The maximum atomic E-state index is 13.4. The molecule has 32 heavy (non-hydrogen) atoms. The average Bonchev–Trinajstić information content (AvgIpc) is 2.81. The summed E-state index contributed by atoms with van der Waals surface area (Å²) in [5, 5.41) is 9.36. The molecule has 0 amide bonds. The zero-order valence-electron chi connectivity index (χ0n) is 17.6. The summed E-state index contributed by atoms with van der Waals surface area (Å²) in [6, 6.07) is 7.41. The number of hydrogen-bond acceptors (Lipinski definition) is 6. The van der Waals surface area contributed by atoms with Crippen LogP contribution in [0.1, 0.15) is 37.7 Å². The summed E-state index contributed by atoms with van der Waals surface area (Å²) in [6.07, 6.45) is 7.84. The Hall–Kier alpha value is -2.41. The number of halogens is 2. The normalized spacial score (nSPS) is 18.3. The van der Waals surface area contributed by atoms with Crippen molar-refractivity contribution in [1.82, 2.24) is 9.88 Å². The van der Waals surface area contributed by atoms with E-state index in [4.69, 9.17) is 11.6 Å². The molecule has 1 aliphatic heterocycles. The Morgan fingerprint density at radius 3 is 2.50 bits per heavy atom. The van der Waals surface area contributed by atoms with E-state index in [9.17, 15) is 18.1 Å². The highest BCUT2D eigenvalue weighted by atomic mass is 35.5. The van der Waals surface area contributed by atoms with Crippen molar-refractivity contribution in [3.8, 4) is 6.07 Å². The lowest BCUT2D eigenvalue weighted by molar-refractivity contribution is 0.147. The Balaban J connectivity index is 1.46. The molecule has 10 heteroatoms. The van der Waals surface area contributed by atoms with Gasteiger partial charge in [-0.05, 0) is 37.1 Å². The first-order valence-corrected chi connectivity index (χ1v) is 12.6. The number of hydrogen-bond donors (Lipinski definition) is 1. The molecule has 0 radical (unpaired) electrons. The minimum Gasteiger partial charge on any atom is -0.353 e. The molecule has 2 aliphatic rings. The van der Waals surface area contributed by atoms with Gasteiger partial charge in [0.15, 0.2) is 0 Å². The van der Waals surface area contributed by atoms with E-state index in [0.29, 0.717) is 17.4 Å². The number of nitrogens with zero attached hydrogens (tertiary/aromatic N) is 4. The van der Waals surface area contributed by atoms with Crippen LogP contribution in [0, 0.1) is 17.1 Å². The monoisotopic (exact) mass is 477 g/mol. The van der Waals surface area contributed by atoms with Gasteiger partial charge >= 0.3 is 0 Å². The maximum Gasteiger partial charge on any atom is 0.261 e. The summed E-state index contributed by atoms with van der Waals surface area (Å²) < 4.78 is 41.0. The van der Waals surface area contributed by atoms with Crippen molar-refractivity contribution >= 4 is 33.1 Å². The third-order valence-corrected chi connectivity index (χ3v) is 7.81. The summed E-state index contributed by atoms with van der Waals surface area (Å²) in [5.74, 6) is -0.143. The van der Waals surface area contributed by atoms with Gasteiger partial charge in [-0.15, -0.1) is 0 Å². The third kappa shape index (κ3) is 4.98. The molecule has 4 rings (SSSR count). The smallest absolute Gasteiger partial charge is 0.261 e. The highest BCUT2D eigenvalue weighted by Gasteiger charge is 2.27. The number of benzene rings is 1. The van der Waals surface area contributed by atoms with Gasteiger partial charge in [-0.1, -0.05) is 30.9 Å². The standard InChI is InChI=1S/C22H25ClFN5O2S/c23-20-13-19(6-7-21(20)24)32(30,31)27-17-12-16(14-25)22(26-15-17)29-10-8-28(9-11-29)18-4-2-1-3-5-18/h6-7,12-13,15,18,27H,1-5,8-11H2. The number of aromatic nitrogens is 1. The van der Waals surface area contributed by atoms with Crippen LogP contribution in [0.25, 0.3) is 0 Å². The molecule has 2 heterocycles. The zero-order valence-corrected chi connectivity index (χ0v) is 19.2. The lowest BCUT2D eigenvalue weighted by Crippen LogP contribution is -2.51. The van der Waals surface area contributed by atoms with E-state index < -0.39 is 15.8 Å². The van der Waals surface area contributed by atoms with Gasteiger partial charge in [0.05, 0.1) is 27.4 Å². The molecule has 0 spiro atoms. The van der Waals surface area contributed by atoms with E-state index in [1.54, 1.807) is 0 Å². The van der Waals surface area contributed by atoms with Gasteiger partial charge in [-0.2, -0.15) is 5.26 Å². The Bertz CT molecular complexity index is 1120. The molecule has 2 aromatic rings. The number of nitrogens with one attached hydrogen (secondary N) is 1. The molecule has 1 aromatic carbocycles. The first kappa shape index (κ1) is 22.8. The van der Waals surface area contributed by atoms with Gasteiger partial charge < -0.3 is 4.90 Å². The predicted molar refractivity (Wildman–Crippen MR) is 122 cm³/mol. The van der Waals surface area contributed by atoms with Crippen LogP contribution in [0.4, 0.5) is 15.9 Å². The molecule has 1 saturated heterocycles. The molecule has 1 N–H and O–H groups in total. The van der Waals surface area contributed by atoms with E-state index in [2.05, 4.69) is 25.6 Å².